The third-order valence-electron chi connectivity index (χ3n) is 6.14. The van der Waals surface area contributed by atoms with Crippen molar-refractivity contribution in [3.05, 3.63) is 0 Å². The molecule has 0 amide bonds. The van der Waals surface area contributed by atoms with Crippen LogP contribution in [0.3, 0.4) is 0 Å². The molecule has 2 heterocycles. The molecule has 2 aliphatic rings. The number of hydrogen-bond donors (Lipinski definition) is 0. The van der Waals surface area contributed by atoms with E-state index in [0.717, 1.165) is 12.8 Å². The minimum atomic E-state index is -0.164. The van der Waals surface area contributed by atoms with E-state index in [-0.39, 0.29) is 11.9 Å². The van der Waals surface area contributed by atoms with Gasteiger partial charge in [-0.05, 0) is 76.5 Å². The topological polar surface area (TPSA) is 59.1 Å². The fourth-order valence-corrected chi connectivity index (χ4v) is 6.24. The minimum Gasteiger partial charge on any atom is -0.466 e. The van der Waals surface area contributed by atoms with Gasteiger partial charge >= 0.3 is 11.9 Å². The van der Waals surface area contributed by atoms with E-state index in [2.05, 4.69) is 9.80 Å². The highest BCUT2D eigenvalue weighted by Gasteiger charge is 2.20. The number of nitrogens with zero attached hydrogens (tertiary/aromatic N) is 2. The zero-order valence-corrected chi connectivity index (χ0v) is 20.4. The van der Waals surface area contributed by atoms with Crippen LogP contribution in [0.2, 0.25) is 0 Å². The van der Waals surface area contributed by atoms with E-state index in [1.807, 2.05) is 21.6 Å². The molecule has 6 nitrogen and oxygen atoms in total. The summed E-state index contributed by atoms with van der Waals surface area (Å²) in [6.07, 6.45) is 6.96. The van der Waals surface area contributed by atoms with Gasteiger partial charge in [0.15, 0.2) is 0 Å². The number of hydrogen-bond acceptors (Lipinski definition) is 8. The predicted molar refractivity (Wildman–Crippen MR) is 126 cm³/mol. The van der Waals surface area contributed by atoms with Crippen molar-refractivity contribution in [2.45, 2.75) is 52.4 Å². The maximum atomic E-state index is 10.8. The first-order chi connectivity index (χ1) is 14.5. The summed E-state index contributed by atoms with van der Waals surface area (Å²) in [5.41, 5.74) is 0. The lowest BCUT2D eigenvalue weighted by molar-refractivity contribution is -0.142. The molecule has 0 spiro atoms. The Balaban J connectivity index is 1.39. The molecule has 0 aliphatic carbocycles. The molecule has 174 valence electrons. The summed E-state index contributed by atoms with van der Waals surface area (Å²) in [5.74, 6) is 3.49. The first kappa shape index (κ1) is 25.8. The molecule has 0 radical (unpaired) electrons. The third kappa shape index (κ3) is 11.8. The van der Waals surface area contributed by atoms with Crippen LogP contribution in [0.4, 0.5) is 0 Å². The molecule has 2 saturated heterocycles. The summed E-state index contributed by atoms with van der Waals surface area (Å²) in [7, 11) is 4.02. The van der Waals surface area contributed by atoms with Crippen LogP contribution >= 0.6 is 21.6 Å². The number of esters is 2. The number of likely N-dealkylation sites (tertiary alicyclic amines) is 2. The van der Waals surface area contributed by atoms with Gasteiger partial charge in [-0.2, -0.15) is 0 Å². The molecule has 0 atom stereocenters. The van der Waals surface area contributed by atoms with Crippen molar-refractivity contribution in [2.75, 3.05) is 64.0 Å². The average Bonchev–Trinajstić information content (AvgIpc) is 2.72. The minimum absolute atomic E-state index is 0.164. The van der Waals surface area contributed by atoms with Gasteiger partial charge in [0.25, 0.3) is 0 Å². The fourth-order valence-electron chi connectivity index (χ4n) is 4.19. The quantitative estimate of drug-likeness (QED) is 0.234. The largest absolute Gasteiger partial charge is 0.466 e. The van der Waals surface area contributed by atoms with Gasteiger partial charge in [0, 0.05) is 38.4 Å². The molecule has 8 heteroatoms. The third-order valence-corrected chi connectivity index (χ3v) is 8.51. The van der Waals surface area contributed by atoms with Crippen molar-refractivity contribution in [3.8, 4) is 0 Å². The number of ether oxygens (including phenoxy) is 2. The lowest BCUT2D eigenvalue weighted by Gasteiger charge is -2.32. The molecule has 0 bridgehead atoms. The van der Waals surface area contributed by atoms with Crippen LogP contribution in [-0.4, -0.2) is 85.7 Å². The summed E-state index contributed by atoms with van der Waals surface area (Å²) in [5, 5.41) is 0. The summed E-state index contributed by atoms with van der Waals surface area (Å²) in [6, 6.07) is 0. The zero-order valence-electron chi connectivity index (χ0n) is 18.8. The van der Waals surface area contributed by atoms with Crippen molar-refractivity contribution < 1.29 is 19.1 Å². The van der Waals surface area contributed by atoms with Gasteiger partial charge in [-0.1, -0.05) is 21.6 Å². The number of piperidine rings is 2. The molecule has 0 aromatic rings. The van der Waals surface area contributed by atoms with Crippen LogP contribution in [0, 0.1) is 11.8 Å². The lowest BCUT2D eigenvalue weighted by Crippen LogP contribution is -2.35. The second-order valence-corrected chi connectivity index (χ2v) is 11.2. The van der Waals surface area contributed by atoms with E-state index in [9.17, 15) is 9.59 Å². The molecular formula is C22H40N2O4S2. The molecular weight excluding hydrogens is 420 g/mol. The Hall–Kier alpha value is -0.440. The fraction of sp³-hybridized carbons (Fsp3) is 0.909. The average molecular weight is 461 g/mol. The van der Waals surface area contributed by atoms with E-state index in [0.29, 0.717) is 25.0 Å². The Bertz CT molecular complexity index is 450. The van der Waals surface area contributed by atoms with Crippen LogP contribution in [0.1, 0.15) is 52.4 Å². The molecule has 2 aliphatic heterocycles. The van der Waals surface area contributed by atoms with Gasteiger partial charge < -0.3 is 19.3 Å². The smallest absolute Gasteiger partial charge is 0.302 e. The molecule has 30 heavy (non-hydrogen) atoms. The summed E-state index contributed by atoms with van der Waals surface area (Å²) in [4.78, 5) is 26.8. The summed E-state index contributed by atoms with van der Waals surface area (Å²) >= 11 is 0. The molecule has 0 N–H and O–H groups in total. The predicted octanol–water partition coefficient (Wildman–Crippen LogP) is 3.70. The van der Waals surface area contributed by atoms with E-state index >= 15 is 0 Å². The van der Waals surface area contributed by atoms with Crippen LogP contribution in [0.15, 0.2) is 0 Å². The Labute approximate surface area is 190 Å². The number of rotatable bonds is 13. The summed E-state index contributed by atoms with van der Waals surface area (Å²) in [6.45, 7) is 11.2. The molecule has 0 unspecified atom stereocenters. The van der Waals surface area contributed by atoms with Crippen molar-refractivity contribution in [1.82, 2.24) is 9.80 Å². The number of carbonyl (C=O) groups is 2. The van der Waals surface area contributed by atoms with Gasteiger partial charge in [-0.15, -0.1) is 0 Å². The Morgan fingerprint density at radius 3 is 1.43 bits per heavy atom. The lowest BCUT2D eigenvalue weighted by atomic mass is 9.94. The maximum Gasteiger partial charge on any atom is 0.302 e. The molecule has 0 aromatic heterocycles. The van der Waals surface area contributed by atoms with E-state index < -0.39 is 0 Å². The molecule has 0 aromatic carbocycles. The van der Waals surface area contributed by atoms with Crippen molar-refractivity contribution in [2.24, 2.45) is 11.8 Å². The van der Waals surface area contributed by atoms with Gasteiger partial charge in [-0.3, -0.25) is 9.59 Å². The van der Waals surface area contributed by atoms with Crippen molar-refractivity contribution in [1.29, 1.82) is 0 Å². The first-order valence-corrected chi connectivity index (χ1v) is 14.0. The monoisotopic (exact) mass is 460 g/mol. The Morgan fingerprint density at radius 1 is 0.733 bits per heavy atom. The van der Waals surface area contributed by atoms with Gasteiger partial charge in [0.05, 0.1) is 13.2 Å². The van der Waals surface area contributed by atoms with Gasteiger partial charge in [0.1, 0.15) is 0 Å². The zero-order chi connectivity index (χ0) is 21.6. The Morgan fingerprint density at radius 2 is 1.10 bits per heavy atom. The molecule has 2 rings (SSSR count). The van der Waals surface area contributed by atoms with E-state index in [4.69, 9.17) is 9.47 Å². The summed E-state index contributed by atoms with van der Waals surface area (Å²) < 4.78 is 10.1. The number of carbonyl (C=O) groups excluding carboxylic acids is 2. The second-order valence-electron chi connectivity index (χ2n) is 8.47. The highest BCUT2D eigenvalue weighted by atomic mass is 33.1. The molecule has 0 saturated carbocycles. The van der Waals surface area contributed by atoms with E-state index in [1.54, 1.807) is 0 Å². The van der Waals surface area contributed by atoms with Gasteiger partial charge in [-0.25, -0.2) is 0 Å². The van der Waals surface area contributed by atoms with Crippen molar-refractivity contribution >= 4 is 33.5 Å². The normalized spacial score (nSPS) is 19.7. The Kier molecular flexibility index (Phi) is 13.2. The standard InChI is InChI=1S/C22H40N2O4S2/c1-19(25)27-15-7-21-3-9-23(10-4-21)13-17-29-30-18-14-24-11-5-22(6-12-24)8-16-28-20(2)26/h21-22H,3-18H2,1-2H3. The van der Waals surface area contributed by atoms with Crippen LogP contribution in [-0.2, 0) is 19.1 Å². The highest BCUT2D eigenvalue weighted by molar-refractivity contribution is 8.76. The second kappa shape index (κ2) is 15.4. The van der Waals surface area contributed by atoms with Crippen molar-refractivity contribution in [3.63, 3.8) is 0 Å². The maximum absolute atomic E-state index is 10.8. The SMILES string of the molecule is CC(=O)OCCC1CCN(CCSSCCN2CCC(CCOC(C)=O)CC2)CC1. The van der Waals surface area contributed by atoms with Crippen LogP contribution in [0.25, 0.3) is 0 Å². The van der Waals surface area contributed by atoms with Gasteiger partial charge in [0.2, 0.25) is 0 Å². The van der Waals surface area contributed by atoms with Crippen LogP contribution < -0.4 is 0 Å². The van der Waals surface area contributed by atoms with E-state index in [1.165, 1.54) is 90.3 Å². The first-order valence-electron chi connectivity index (χ1n) is 11.5. The highest BCUT2D eigenvalue weighted by Crippen LogP contribution is 2.25. The molecule has 2 fully saturated rings. The van der Waals surface area contributed by atoms with Crippen LogP contribution in [0.5, 0.6) is 0 Å².